The summed E-state index contributed by atoms with van der Waals surface area (Å²) in [6, 6.07) is 2.49. The molecule has 0 spiro atoms. The second-order valence-electron chi connectivity index (χ2n) is 5.68. The molecule has 4 heteroatoms. The summed E-state index contributed by atoms with van der Waals surface area (Å²) >= 11 is 0. The van der Waals surface area contributed by atoms with Crippen LogP contribution in [0.5, 0.6) is 0 Å². The van der Waals surface area contributed by atoms with Crippen molar-refractivity contribution in [3.63, 3.8) is 0 Å². The maximum Gasteiger partial charge on any atom is 0.0676 e. The maximum absolute atomic E-state index is 4.53. The number of aromatic nitrogens is 2. The molecule has 122 valence electrons. The van der Waals surface area contributed by atoms with Crippen LogP contribution in [0.4, 0.5) is 0 Å². The van der Waals surface area contributed by atoms with E-state index in [0.29, 0.717) is 6.04 Å². The third kappa shape index (κ3) is 3.49. The first-order chi connectivity index (χ1) is 10.1. The highest BCUT2D eigenvalue weighted by Gasteiger charge is 2.41. The van der Waals surface area contributed by atoms with Gasteiger partial charge in [0.05, 0.1) is 11.7 Å². The molecule has 0 bridgehead atoms. The fraction of sp³-hybridized carbons (Fsp3) is 0.824. The van der Waals surface area contributed by atoms with Crippen molar-refractivity contribution < 1.29 is 0 Å². The number of hydrogen-bond acceptors (Lipinski definition) is 3. The molecule has 4 nitrogen and oxygen atoms in total. The largest absolute Gasteiger partial charge is 0.310 e. The molecule has 0 radical (unpaired) electrons. The first kappa shape index (κ1) is 18.2. The monoisotopic (exact) mass is 294 g/mol. The molecule has 1 atom stereocenters. The van der Waals surface area contributed by atoms with Crippen LogP contribution in [0.25, 0.3) is 0 Å². The van der Waals surface area contributed by atoms with Gasteiger partial charge in [-0.3, -0.25) is 9.58 Å². The first-order valence-electron chi connectivity index (χ1n) is 8.58. The smallest absolute Gasteiger partial charge is 0.0676 e. The number of nitrogens with zero attached hydrogens (tertiary/aromatic N) is 3. The van der Waals surface area contributed by atoms with Crippen LogP contribution in [-0.4, -0.2) is 40.4 Å². The van der Waals surface area contributed by atoms with Crippen molar-refractivity contribution in [2.75, 3.05) is 20.1 Å². The van der Waals surface area contributed by atoms with E-state index in [1.807, 2.05) is 6.20 Å². The summed E-state index contributed by atoms with van der Waals surface area (Å²) in [6.07, 6.45) is 5.32. The van der Waals surface area contributed by atoms with Gasteiger partial charge in [0.25, 0.3) is 0 Å². The summed E-state index contributed by atoms with van der Waals surface area (Å²) in [5, 5.41) is 8.12. The lowest BCUT2D eigenvalue weighted by atomic mass is 9.80. The zero-order valence-electron chi connectivity index (χ0n) is 14.8. The molecule has 1 unspecified atom stereocenters. The number of likely N-dealkylation sites (N-methyl/N-ethyl adjacent to an activating group) is 2. The van der Waals surface area contributed by atoms with E-state index in [-0.39, 0.29) is 5.54 Å². The van der Waals surface area contributed by atoms with Gasteiger partial charge in [-0.15, -0.1) is 0 Å². The van der Waals surface area contributed by atoms with Crippen LogP contribution in [0.1, 0.15) is 65.6 Å². The normalized spacial score (nSPS) is 13.9. The van der Waals surface area contributed by atoms with Gasteiger partial charge in [-0.25, -0.2) is 0 Å². The van der Waals surface area contributed by atoms with Crippen molar-refractivity contribution in [1.82, 2.24) is 20.0 Å². The van der Waals surface area contributed by atoms with Crippen LogP contribution in [0, 0.1) is 0 Å². The Hall–Kier alpha value is -0.870. The van der Waals surface area contributed by atoms with Crippen LogP contribution in [0.3, 0.4) is 0 Å². The SMILES string of the molecule is CCCn1nccc1C(NC)C(CC)(CC)N(CC)CC. The molecule has 0 aliphatic heterocycles. The highest BCUT2D eigenvalue weighted by atomic mass is 15.3. The van der Waals surface area contributed by atoms with E-state index in [1.165, 1.54) is 5.69 Å². The molecule has 0 aromatic carbocycles. The summed E-state index contributed by atoms with van der Waals surface area (Å²) in [7, 11) is 2.08. The van der Waals surface area contributed by atoms with Gasteiger partial charge in [0.1, 0.15) is 0 Å². The number of hydrogen-bond donors (Lipinski definition) is 1. The Balaban J connectivity index is 3.27. The zero-order valence-corrected chi connectivity index (χ0v) is 14.8. The van der Waals surface area contributed by atoms with E-state index in [2.05, 4.69) is 67.7 Å². The molecular weight excluding hydrogens is 260 g/mol. The highest BCUT2D eigenvalue weighted by molar-refractivity contribution is 5.15. The predicted molar refractivity (Wildman–Crippen MR) is 90.6 cm³/mol. The predicted octanol–water partition coefficient (Wildman–Crippen LogP) is 3.45. The van der Waals surface area contributed by atoms with Crippen molar-refractivity contribution in [2.24, 2.45) is 0 Å². The van der Waals surface area contributed by atoms with Gasteiger partial charge in [-0.05, 0) is 45.5 Å². The standard InChI is InChI=1S/C17H34N4/c1-7-14-21-15(12-13-19-21)16(18-6)17(8-2,9-3)20(10-4)11-5/h12-13,16,18H,7-11,14H2,1-6H3. The van der Waals surface area contributed by atoms with Crippen LogP contribution >= 0.6 is 0 Å². The van der Waals surface area contributed by atoms with Crippen LogP contribution in [0.2, 0.25) is 0 Å². The van der Waals surface area contributed by atoms with E-state index < -0.39 is 0 Å². The molecule has 21 heavy (non-hydrogen) atoms. The zero-order chi connectivity index (χ0) is 15.9. The summed E-state index contributed by atoms with van der Waals surface area (Å²) in [4.78, 5) is 2.61. The number of aryl methyl sites for hydroxylation is 1. The second kappa shape index (κ2) is 8.54. The third-order valence-corrected chi connectivity index (χ3v) is 4.92. The summed E-state index contributed by atoms with van der Waals surface area (Å²) in [6.45, 7) is 14.5. The van der Waals surface area contributed by atoms with Crippen LogP contribution < -0.4 is 5.32 Å². The molecule has 0 fully saturated rings. The Labute approximate surface area is 130 Å². The summed E-state index contributed by atoms with van der Waals surface area (Å²) in [5.41, 5.74) is 1.46. The van der Waals surface area contributed by atoms with Crippen molar-refractivity contribution >= 4 is 0 Å². The van der Waals surface area contributed by atoms with Crippen molar-refractivity contribution in [3.8, 4) is 0 Å². The molecule has 0 aliphatic rings. The number of nitrogens with one attached hydrogen (secondary N) is 1. The van der Waals surface area contributed by atoms with Gasteiger partial charge >= 0.3 is 0 Å². The molecule has 0 amide bonds. The van der Waals surface area contributed by atoms with Gasteiger partial charge < -0.3 is 5.32 Å². The highest BCUT2D eigenvalue weighted by Crippen LogP contribution is 2.37. The number of rotatable bonds is 10. The van der Waals surface area contributed by atoms with Gasteiger partial charge in [0, 0.05) is 18.3 Å². The molecule has 1 N–H and O–H groups in total. The third-order valence-electron chi connectivity index (χ3n) is 4.92. The molecule has 1 heterocycles. The Kier molecular flexibility index (Phi) is 7.40. The quantitative estimate of drug-likeness (QED) is 0.717. The van der Waals surface area contributed by atoms with Gasteiger partial charge in [-0.2, -0.15) is 5.10 Å². The molecular formula is C17H34N4. The summed E-state index contributed by atoms with van der Waals surface area (Å²) < 4.78 is 2.17. The van der Waals surface area contributed by atoms with Gasteiger partial charge in [0.15, 0.2) is 0 Å². The van der Waals surface area contributed by atoms with Gasteiger partial charge in [0.2, 0.25) is 0 Å². The van der Waals surface area contributed by atoms with E-state index in [1.54, 1.807) is 0 Å². The first-order valence-corrected chi connectivity index (χ1v) is 8.58. The topological polar surface area (TPSA) is 33.1 Å². The minimum absolute atomic E-state index is 0.143. The average Bonchev–Trinajstić information content (AvgIpc) is 2.95. The Morgan fingerprint density at radius 2 is 1.81 bits per heavy atom. The van der Waals surface area contributed by atoms with E-state index in [4.69, 9.17) is 0 Å². The molecule has 1 aromatic rings. The molecule has 1 aromatic heterocycles. The molecule has 0 aliphatic carbocycles. The maximum atomic E-state index is 4.53. The average molecular weight is 294 g/mol. The Bertz CT molecular complexity index is 391. The summed E-state index contributed by atoms with van der Waals surface area (Å²) in [5.74, 6) is 0. The molecule has 0 saturated carbocycles. The van der Waals surface area contributed by atoms with Crippen molar-refractivity contribution in [3.05, 3.63) is 18.0 Å². The fourth-order valence-corrected chi connectivity index (χ4v) is 3.82. The lowest BCUT2D eigenvalue weighted by molar-refractivity contribution is 0.0483. The fourth-order valence-electron chi connectivity index (χ4n) is 3.82. The Morgan fingerprint density at radius 1 is 1.19 bits per heavy atom. The second-order valence-corrected chi connectivity index (χ2v) is 5.68. The van der Waals surface area contributed by atoms with Crippen molar-refractivity contribution in [1.29, 1.82) is 0 Å². The van der Waals surface area contributed by atoms with Gasteiger partial charge in [-0.1, -0.05) is 34.6 Å². The lowest BCUT2D eigenvalue weighted by Crippen LogP contribution is -2.56. The van der Waals surface area contributed by atoms with E-state index in [0.717, 1.165) is 38.9 Å². The van der Waals surface area contributed by atoms with E-state index >= 15 is 0 Å². The minimum Gasteiger partial charge on any atom is -0.310 e. The Morgan fingerprint density at radius 3 is 2.24 bits per heavy atom. The minimum atomic E-state index is 0.143. The lowest BCUT2D eigenvalue weighted by Gasteiger charge is -2.48. The van der Waals surface area contributed by atoms with Crippen molar-refractivity contribution in [2.45, 2.75) is 72.0 Å². The van der Waals surface area contributed by atoms with Crippen LogP contribution in [0.15, 0.2) is 12.3 Å². The van der Waals surface area contributed by atoms with E-state index in [9.17, 15) is 0 Å². The molecule has 0 saturated heterocycles. The molecule has 1 rings (SSSR count). The van der Waals surface area contributed by atoms with Crippen LogP contribution in [-0.2, 0) is 6.54 Å².